The van der Waals surface area contributed by atoms with Crippen LogP contribution in [0.4, 0.5) is 18.9 Å². The van der Waals surface area contributed by atoms with E-state index in [0.717, 1.165) is 12.1 Å². The van der Waals surface area contributed by atoms with Crippen molar-refractivity contribution in [1.29, 1.82) is 0 Å². The Kier molecular flexibility index (Phi) is 6.48. The van der Waals surface area contributed by atoms with Gasteiger partial charge in [-0.05, 0) is 42.5 Å². The van der Waals surface area contributed by atoms with Gasteiger partial charge in [-0.15, -0.1) is 0 Å². The number of nitrogens with one attached hydrogen (secondary N) is 1. The van der Waals surface area contributed by atoms with Crippen molar-refractivity contribution in [2.24, 2.45) is 10.9 Å². The van der Waals surface area contributed by atoms with Gasteiger partial charge >= 0.3 is 0 Å². The van der Waals surface area contributed by atoms with E-state index in [9.17, 15) is 18.0 Å². The minimum atomic E-state index is -0.916. The summed E-state index contributed by atoms with van der Waals surface area (Å²) in [4.78, 5) is 20.6. The molecule has 0 bridgehead atoms. The molecule has 0 spiro atoms. The molecule has 7 nitrogen and oxygen atoms in total. The van der Waals surface area contributed by atoms with Crippen LogP contribution >= 0.6 is 0 Å². The summed E-state index contributed by atoms with van der Waals surface area (Å²) >= 11 is 0. The van der Waals surface area contributed by atoms with Crippen molar-refractivity contribution in [2.45, 2.75) is 0 Å². The van der Waals surface area contributed by atoms with Crippen LogP contribution in [-0.2, 0) is 9.63 Å². The average Bonchev–Trinajstić information content (AvgIpc) is 2.72. The summed E-state index contributed by atoms with van der Waals surface area (Å²) in [5, 5.41) is 5.81. The highest BCUT2D eigenvalue weighted by Crippen LogP contribution is 2.19. The van der Waals surface area contributed by atoms with Gasteiger partial charge in [-0.1, -0.05) is 5.16 Å². The molecule has 0 saturated heterocycles. The SMILES string of the molecule is N/C(=N/OCC(=O)Nc1ccc(F)cc1F)c1ccc(Oc2ccc(F)cc2)nc1. The van der Waals surface area contributed by atoms with Crippen molar-refractivity contribution in [3.8, 4) is 11.6 Å². The summed E-state index contributed by atoms with van der Waals surface area (Å²) in [6.45, 7) is -0.545. The number of rotatable bonds is 7. The third-order valence-electron chi connectivity index (χ3n) is 3.63. The molecular formula is C20H15F3N4O3. The van der Waals surface area contributed by atoms with Crippen LogP contribution in [-0.4, -0.2) is 23.3 Å². The number of aromatic nitrogens is 1. The number of carbonyl (C=O) groups is 1. The van der Waals surface area contributed by atoms with Crippen LogP contribution in [0, 0.1) is 17.5 Å². The highest BCUT2D eigenvalue weighted by atomic mass is 19.1. The van der Waals surface area contributed by atoms with Crippen molar-refractivity contribution < 1.29 is 27.5 Å². The number of halogens is 3. The molecule has 0 aliphatic heterocycles. The first kappa shape index (κ1) is 20.6. The third kappa shape index (κ3) is 5.71. The highest BCUT2D eigenvalue weighted by molar-refractivity contribution is 5.97. The zero-order valence-electron chi connectivity index (χ0n) is 15.3. The van der Waals surface area contributed by atoms with E-state index in [1.807, 2.05) is 0 Å². The van der Waals surface area contributed by atoms with Crippen molar-refractivity contribution in [1.82, 2.24) is 4.98 Å². The molecule has 3 aromatic rings. The quantitative estimate of drug-likeness (QED) is 0.349. The molecule has 1 amide bonds. The minimum Gasteiger partial charge on any atom is -0.439 e. The van der Waals surface area contributed by atoms with Crippen molar-refractivity contribution in [3.05, 3.63) is 83.8 Å². The molecule has 0 unspecified atom stereocenters. The Morgan fingerprint density at radius 3 is 2.43 bits per heavy atom. The summed E-state index contributed by atoms with van der Waals surface area (Å²) in [6.07, 6.45) is 1.37. The van der Waals surface area contributed by atoms with Gasteiger partial charge in [0.05, 0.1) is 5.69 Å². The van der Waals surface area contributed by atoms with Crippen molar-refractivity contribution in [2.75, 3.05) is 11.9 Å². The van der Waals surface area contributed by atoms with E-state index < -0.39 is 24.1 Å². The first-order valence-electron chi connectivity index (χ1n) is 8.51. The van der Waals surface area contributed by atoms with E-state index in [-0.39, 0.29) is 23.2 Å². The van der Waals surface area contributed by atoms with Crippen molar-refractivity contribution in [3.63, 3.8) is 0 Å². The van der Waals surface area contributed by atoms with Crippen LogP contribution < -0.4 is 15.8 Å². The van der Waals surface area contributed by atoms with Gasteiger partial charge in [0.15, 0.2) is 12.4 Å². The number of ether oxygens (including phenoxy) is 1. The minimum absolute atomic E-state index is 0.0587. The summed E-state index contributed by atoms with van der Waals surface area (Å²) in [7, 11) is 0. The number of carbonyl (C=O) groups excluding carboxylic acids is 1. The van der Waals surface area contributed by atoms with E-state index in [1.165, 1.54) is 36.5 Å². The number of benzene rings is 2. The molecule has 0 aliphatic rings. The van der Waals surface area contributed by atoms with Crippen LogP contribution in [0.1, 0.15) is 5.56 Å². The maximum Gasteiger partial charge on any atom is 0.265 e. The van der Waals surface area contributed by atoms with Crippen molar-refractivity contribution >= 4 is 17.4 Å². The lowest BCUT2D eigenvalue weighted by Gasteiger charge is -2.07. The Bertz CT molecular complexity index is 1060. The normalized spacial score (nSPS) is 11.1. The summed E-state index contributed by atoms with van der Waals surface area (Å²) in [6, 6.07) is 11.2. The number of pyridine rings is 1. The second kappa shape index (κ2) is 9.41. The Morgan fingerprint density at radius 2 is 1.77 bits per heavy atom. The highest BCUT2D eigenvalue weighted by Gasteiger charge is 2.09. The average molecular weight is 416 g/mol. The number of hydrogen-bond donors (Lipinski definition) is 2. The molecule has 1 aromatic heterocycles. The van der Waals surface area contributed by atoms with E-state index >= 15 is 0 Å². The van der Waals surface area contributed by atoms with Crippen LogP contribution in [0.3, 0.4) is 0 Å². The molecule has 0 aliphatic carbocycles. The molecule has 1 heterocycles. The van der Waals surface area contributed by atoms with E-state index in [4.69, 9.17) is 15.3 Å². The maximum atomic E-state index is 13.5. The number of amides is 1. The standard InChI is InChI=1S/C20H15F3N4O3/c21-13-2-5-15(6-3-13)30-19-8-1-12(10-25-19)20(24)27-29-11-18(28)26-17-7-4-14(22)9-16(17)23/h1-10H,11H2,(H2,24,27)(H,26,28). The van der Waals surface area contributed by atoms with Gasteiger partial charge in [0.2, 0.25) is 5.88 Å². The molecule has 0 radical (unpaired) electrons. The number of nitrogens with zero attached hydrogens (tertiary/aromatic N) is 2. The molecule has 2 aromatic carbocycles. The van der Waals surface area contributed by atoms with Gasteiger partial charge < -0.3 is 20.6 Å². The molecule has 0 atom stereocenters. The monoisotopic (exact) mass is 416 g/mol. The maximum absolute atomic E-state index is 13.5. The number of hydrogen-bond acceptors (Lipinski definition) is 5. The largest absolute Gasteiger partial charge is 0.439 e. The van der Waals surface area contributed by atoms with E-state index in [1.54, 1.807) is 6.07 Å². The Morgan fingerprint density at radius 1 is 1.03 bits per heavy atom. The van der Waals surface area contributed by atoms with Crippen LogP contribution in [0.25, 0.3) is 0 Å². The molecule has 3 rings (SSSR count). The predicted octanol–water partition coefficient (Wildman–Crippen LogP) is 3.57. The van der Waals surface area contributed by atoms with Gasteiger partial charge in [-0.3, -0.25) is 4.79 Å². The molecule has 154 valence electrons. The van der Waals surface area contributed by atoms with E-state index in [2.05, 4.69) is 15.5 Å². The Labute approximate surface area is 168 Å². The summed E-state index contributed by atoms with van der Waals surface area (Å²) < 4.78 is 44.7. The first-order valence-corrected chi connectivity index (χ1v) is 8.51. The zero-order chi connectivity index (χ0) is 21.5. The molecule has 30 heavy (non-hydrogen) atoms. The van der Waals surface area contributed by atoms with Gasteiger partial charge in [0.25, 0.3) is 5.91 Å². The fourth-order valence-electron chi connectivity index (χ4n) is 2.21. The summed E-state index contributed by atoms with van der Waals surface area (Å²) in [5.74, 6) is -2.17. The second-order valence-corrected chi connectivity index (χ2v) is 5.86. The molecule has 0 fully saturated rings. The van der Waals surface area contributed by atoms with Crippen LogP contribution in [0.5, 0.6) is 11.6 Å². The number of anilines is 1. The lowest BCUT2D eigenvalue weighted by Crippen LogP contribution is -2.20. The summed E-state index contributed by atoms with van der Waals surface area (Å²) in [5.41, 5.74) is 5.97. The predicted molar refractivity (Wildman–Crippen MR) is 102 cm³/mol. The van der Waals surface area contributed by atoms with Gasteiger partial charge in [-0.2, -0.15) is 0 Å². The van der Waals surface area contributed by atoms with Gasteiger partial charge in [-0.25, -0.2) is 18.2 Å². The van der Waals surface area contributed by atoms with Gasteiger partial charge in [0, 0.05) is 23.9 Å². The topological polar surface area (TPSA) is 98.8 Å². The second-order valence-electron chi connectivity index (χ2n) is 5.86. The lowest BCUT2D eigenvalue weighted by molar-refractivity contribution is -0.120. The van der Waals surface area contributed by atoms with Crippen LogP contribution in [0.2, 0.25) is 0 Å². The number of amidine groups is 1. The number of nitrogens with two attached hydrogens (primary N) is 1. The smallest absolute Gasteiger partial charge is 0.265 e. The lowest BCUT2D eigenvalue weighted by atomic mass is 10.3. The van der Waals surface area contributed by atoms with Crippen LogP contribution in [0.15, 0.2) is 65.9 Å². The fourth-order valence-corrected chi connectivity index (χ4v) is 2.21. The first-order chi connectivity index (χ1) is 14.4. The van der Waals surface area contributed by atoms with E-state index in [0.29, 0.717) is 17.4 Å². The molecule has 10 heteroatoms. The Hall–Kier alpha value is -4.08. The molecule has 0 saturated carbocycles. The third-order valence-corrected chi connectivity index (χ3v) is 3.63. The Balaban J connectivity index is 1.52. The molecular weight excluding hydrogens is 401 g/mol. The fraction of sp³-hybridized carbons (Fsp3) is 0.0500. The molecule has 3 N–H and O–H groups in total. The van der Waals surface area contributed by atoms with Gasteiger partial charge in [0.1, 0.15) is 23.2 Å². The number of oxime groups is 1. The zero-order valence-corrected chi connectivity index (χ0v) is 15.3.